The number of ether oxygens (including phenoxy) is 1. The molecule has 0 amide bonds. The number of benzene rings is 1. The summed E-state index contributed by atoms with van der Waals surface area (Å²) in [4.78, 5) is 11.8. The number of nitrogens with one attached hydrogen (secondary N) is 1. The zero-order valence-corrected chi connectivity index (χ0v) is 15.5. The van der Waals surface area contributed by atoms with E-state index < -0.39 is 5.97 Å². The van der Waals surface area contributed by atoms with Crippen molar-refractivity contribution in [3.8, 4) is 11.3 Å². The summed E-state index contributed by atoms with van der Waals surface area (Å²) in [5, 5.41) is 25.1. The van der Waals surface area contributed by atoms with Gasteiger partial charge >= 0.3 is 5.97 Å². The number of aromatic carboxylic acids is 1. The molecule has 2 N–H and O–H groups in total. The second-order valence-corrected chi connectivity index (χ2v) is 6.23. The van der Waals surface area contributed by atoms with Crippen LogP contribution >= 0.6 is 11.6 Å². The molecule has 1 unspecified atom stereocenters. The molecular formula is C17H18ClN5O4. The van der Waals surface area contributed by atoms with Gasteiger partial charge < -0.3 is 24.3 Å². The van der Waals surface area contributed by atoms with Crippen LogP contribution in [0.3, 0.4) is 0 Å². The summed E-state index contributed by atoms with van der Waals surface area (Å²) in [5.41, 5.74) is 0.500. The first-order valence-corrected chi connectivity index (χ1v) is 8.51. The lowest BCUT2D eigenvalue weighted by Crippen LogP contribution is -2.17. The van der Waals surface area contributed by atoms with E-state index >= 15 is 0 Å². The molecule has 10 heteroatoms. The fourth-order valence-corrected chi connectivity index (χ4v) is 2.74. The van der Waals surface area contributed by atoms with Crippen LogP contribution in [-0.4, -0.2) is 44.7 Å². The van der Waals surface area contributed by atoms with E-state index in [1.165, 1.54) is 0 Å². The maximum Gasteiger partial charge on any atom is 0.343 e. The van der Waals surface area contributed by atoms with Gasteiger partial charge in [0.05, 0.1) is 12.6 Å². The van der Waals surface area contributed by atoms with Crippen molar-refractivity contribution in [2.24, 2.45) is 0 Å². The first-order valence-electron chi connectivity index (χ1n) is 8.13. The lowest BCUT2D eigenvalue weighted by Gasteiger charge is -2.14. The van der Waals surface area contributed by atoms with Crippen molar-refractivity contribution in [1.29, 1.82) is 0 Å². The molecule has 0 aliphatic rings. The number of hydrogen-bond acceptors (Lipinski definition) is 7. The van der Waals surface area contributed by atoms with Crippen LogP contribution in [0.1, 0.15) is 29.1 Å². The number of methoxy groups -OCH3 is 1. The Bertz CT molecular complexity index is 922. The highest BCUT2D eigenvalue weighted by Crippen LogP contribution is 2.31. The fourth-order valence-electron chi connectivity index (χ4n) is 2.62. The second kappa shape index (κ2) is 8.19. The number of nitrogens with zero attached hydrogens (tertiary/aromatic N) is 4. The van der Waals surface area contributed by atoms with Crippen molar-refractivity contribution in [2.75, 3.05) is 19.0 Å². The van der Waals surface area contributed by atoms with Crippen LogP contribution in [0.5, 0.6) is 0 Å². The predicted octanol–water partition coefficient (Wildman–Crippen LogP) is 3.10. The van der Waals surface area contributed by atoms with Gasteiger partial charge in [-0.3, -0.25) is 0 Å². The highest BCUT2D eigenvalue weighted by molar-refractivity contribution is 6.30. The molecule has 0 aliphatic carbocycles. The summed E-state index contributed by atoms with van der Waals surface area (Å²) in [6.07, 6.45) is 1.59. The minimum absolute atomic E-state index is 0.0628. The van der Waals surface area contributed by atoms with Gasteiger partial charge in [0.1, 0.15) is 6.33 Å². The van der Waals surface area contributed by atoms with E-state index in [0.29, 0.717) is 29.6 Å². The maximum atomic E-state index is 11.8. The molecule has 1 aromatic carbocycles. The first kappa shape index (κ1) is 18.9. The van der Waals surface area contributed by atoms with Gasteiger partial charge in [-0.25, -0.2) is 4.79 Å². The van der Waals surface area contributed by atoms with E-state index in [9.17, 15) is 9.90 Å². The molecule has 0 fully saturated rings. The van der Waals surface area contributed by atoms with Crippen molar-refractivity contribution < 1.29 is 19.2 Å². The van der Waals surface area contributed by atoms with Gasteiger partial charge in [-0.15, -0.1) is 10.2 Å². The summed E-state index contributed by atoms with van der Waals surface area (Å²) in [7, 11) is 1.61. The maximum absolute atomic E-state index is 11.8. The third-order valence-electron chi connectivity index (χ3n) is 3.93. The van der Waals surface area contributed by atoms with E-state index in [1.807, 2.05) is 11.5 Å². The molecule has 0 spiro atoms. The van der Waals surface area contributed by atoms with Crippen molar-refractivity contribution >= 4 is 23.4 Å². The minimum Gasteiger partial charge on any atom is -0.477 e. The average molecular weight is 392 g/mol. The van der Waals surface area contributed by atoms with Crippen LogP contribution in [0, 0.1) is 0 Å². The van der Waals surface area contributed by atoms with Gasteiger partial charge in [0.25, 0.3) is 0 Å². The van der Waals surface area contributed by atoms with E-state index in [1.54, 1.807) is 37.7 Å². The molecular weight excluding hydrogens is 374 g/mol. The minimum atomic E-state index is -1.16. The van der Waals surface area contributed by atoms with Gasteiger partial charge in [-0.2, -0.15) is 0 Å². The zero-order chi connectivity index (χ0) is 19.4. The molecule has 0 saturated carbocycles. The highest BCUT2D eigenvalue weighted by Gasteiger charge is 2.26. The van der Waals surface area contributed by atoms with Crippen LogP contribution < -0.4 is 5.32 Å². The van der Waals surface area contributed by atoms with E-state index in [2.05, 4.69) is 20.7 Å². The SMILES string of the molecule is COCCn1cnnc1C(C)Nc1noc(-c2ccc(Cl)cc2)c1C(=O)O. The molecule has 2 aromatic heterocycles. The largest absolute Gasteiger partial charge is 0.477 e. The molecule has 9 nitrogen and oxygen atoms in total. The van der Waals surface area contributed by atoms with E-state index in [-0.39, 0.29) is 23.2 Å². The number of halogens is 1. The van der Waals surface area contributed by atoms with Crippen LogP contribution in [0.25, 0.3) is 11.3 Å². The first-order chi connectivity index (χ1) is 13.0. The molecule has 3 aromatic rings. The van der Waals surface area contributed by atoms with Gasteiger partial charge in [-0.05, 0) is 31.2 Å². The quantitative estimate of drug-likeness (QED) is 0.601. The Kier molecular flexibility index (Phi) is 5.72. The lowest BCUT2D eigenvalue weighted by atomic mass is 10.1. The van der Waals surface area contributed by atoms with Crippen molar-refractivity contribution in [1.82, 2.24) is 19.9 Å². The monoisotopic (exact) mass is 391 g/mol. The number of aromatic nitrogens is 4. The van der Waals surface area contributed by atoms with Gasteiger partial charge in [0.2, 0.25) is 0 Å². The average Bonchev–Trinajstić information content (AvgIpc) is 3.27. The topological polar surface area (TPSA) is 115 Å². The third-order valence-corrected chi connectivity index (χ3v) is 4.19. The Balaban J connectivity index is 1.88. The third kappa shape index (κ3) is 4.09. The van der Waals surface area contributed by atoms with Crippen LogP contribution in [-0.2, 0) is 11.3 Å². The second-order valence-electron chi connectivity index (χ2n) is 5.79. The Morgan fingerprint density at radius 1 is 1.41 bits per heavy atom. The molecule has 3 rings (SSSR count). The molecule has 0 bridgehead atoms. The molecule has 142 valence electrons. The summed E-state index contributed by atoms with van der Waals surface area (Å²) in [5.74, 6) is -0.271. The number of carboxylic acid groups (broad SMARTS) is 1. The highest BCUT2D eigenvalue weighted by atomic mass is 35.5. The molecule has 0 aliphatic heterocycles. The molecule has 1 atom stereocenters. The van der Waals surface area contributed by atoms with E-state index in [0.717, 1.165) is 0 Å². The number of carboxylic acids is 1. The molecule has 2 heterocycles. The van der Waals surface area contributed by atoms with Crippen molar-refractivity contribution in [2.45, 2.75) is 19.5 Å². The fraction of sp³-hybridized carbons (Fsp3) is 0.294. The van der Waals surface area contributed by atoms with Gasteiger partial charge in [0.15, 0.2) is 23.0 Å². The Morgan fingerprint density at radius 2 is 2.15 bits per heavy atom. The Hall–Kier alpha value is -2.91. The zero-order valence-electron chi connectivity index (χ0n) is 14.7. The number of rotatable bonds is 8. The summed E-state index contributed by atoms with van der Waals surface area (Å²) < 4.78 is 12.2. The van der Waals surface area contributed by atoms with Gasteiger partial charge in [0, 0.05) is 24.2 Å². The lowest BCUT2D eigenvalue weighted by molar-refractivity contribution is 0.0698. The number of anilines is 1. The van der Waals surface area contributed by atoms with Crippen LogP contribution in [0.15, 0.2) is 35.1 Å². The normalized spacial score (nSPS) is 12.1. The number of carbonyl (C=O) groups is 1. The Morgan fingerprint density at radius 3 is 2.81 bits per heavy atom. The molecule has 0 radical (unpaired) electrons. The Labute approximate surface area is 159 Å². The predicted molar refractivity (Wildman–Crippen MR) is 97.8 cm³/mol. The smallest absolute Gasteiger partial charge is 0.343 e. The number of hydrogen-bond donors (Lipinski definition) is 2. The summed E-state index contributed by atoms with van der Waals surface area (Å²) in [6, 6.07) is 6.29. The van der Waals surface area contributed by atoms with Gasteiger partial charge in [-0.1, -0.05) is 16.8 Å². The molecule has 27 heavy (non-hydrogen) atoms. The van der Waals surface area contributed by atoms with Crippen LogP contribution in [0.4, 0.5) is 5.82 Å². The molecule has 0 saturated heterocycles. The van der Waals surface area contributed by atoms with Crippen molar-refractivity contribution in [3.05, 3.63) is 47.0 Å². The standard InChI is InChI=1S/C17H18ClN5O4/c1-10(16-21-19-9-23(16)7-8-26-2)20-15-13(17(24)25)14(27-22-15)11-3-5-12(18)6-4-11/h3-6,9-10H,7-8H2,1-2H3,(H,20,22)(H,24,25). The van der Waals surface area contributed by atoms with Crippen molar-refractivity contribution in [3.63, 3.8) is 0 Å². The van der Waals surface area contributed by atoms with Crippen LogP contribution in [0.2, 0.25) is 5.02 Å². The summed E-state index contributed by atoms with van der Waals surface area (Å²) >= 11 is 5.88. The summed E-state index contributed by atoms with van der Waals surface area (Å²) in [6.45, 7) is 2.91. The van der Waals surface area contributed by atoms with E-state index in [4.69, 9.17) is 20.9 Å².